The summed E-state index contributed by atoms with van der Waals surface area (Å²) in [6.07, 6.45) is 11.6. The lowest BCUT2D eigenvalue weighted by Crippen LogP contribution is -3.00. The molecule has 0 aromatic heterocycles. The number of nitrogens with one attached hydrogen (secondary N) is 1. The van der Waals surface area contributed by atoms with Crippen LogP contribution >= 0.6 is 11.8 Å². The van der Waals surface area contributed by atoms with Crippen molar-refractivity contribution >= 4 is 56.3 Å². The predicted octanol–water partition coefficient (Wildman–Crippen LogP) is 9.79. The number of carbonyl (C=O) groups excluding carboxylic acids is 1. The van der Waals surface area contributed by atoms with Crippen molar-refractivity contribution in [1.82, 2.24) is 5.32 Å². The number of likely N-dealkylation sites (N-methyl/N-ethyl adjacent to an activating group) is 1. The van der Waals surface area contributed by atoms with Crippen molar-refractivity contribution in [2.75, 3.05) is 45.3 Å². The van der Waals surface area contributed by atoms with E-state index in [4.69, 9.17) is 15.2 Å². The number of rotatable bonds is 12. The predicted molar refractivity (Wildman–Crippen MR) is 274 cm³/mol. The zero-order valence-corrected chi connectivity index (χ0v) is 43.7. The Morgan fingerprint density at radius 1 is 0.833 bits per heavy atom. The number of halogens is 1. The van der Waals surface area contributed by atoms with E-state index < -0.39 is 0 Å². The fraction of sp³-hybridized carbons (Fsp3) is 0.368. The molecule has 0 spiro atoms. The van der Waals surface area contributed by atoms with Crippen LogP contribution in [0, 0.1) is 11.3 Å². The van der Waals surface area contributed by atoms with Crippen molar-refractivity contribution in [2.45, 2.75) is 90.9 Å². The van der Waals surface area contributed by atoms with Crippen LogP contribution in [0.1, 0.15) is 96.6 Å². The molecular formula is C57H67IN4O3S. The third-order valence-electron chi connectivity index (χ3n) is 14.1. The third kappa shape index (κ3) is 8.99. The van der Waals surface area contributed by atoms with Gasteiger partial charge in [0.1, 0.15) is 18.0 Å². The number of hydrogen-bond donors (Lipinski definition) is 2. The monoisotopic (exact) mass is 1010 g/mol. The summed E-state index contributed by atoms with van der Waals surface area (Å²) >= 11 is 1.81. The zero-order chi connectivity index (χ0) is 46.4. The first-order chi connectivity index (χ1) is 31.0. The largest absolute Gasteiger partial charge is 1.00 e. The molecule has 3 N–H and O–H groups in total. The molecule has 0 radical (unpaired) electrons. The number of nitrogens with zero attached hydrogens (tertiary/aromatic N) is 2. The van der Waals surface area contributed by atoms with Crippen LogP contribution in [0.25, 0.3) is 21.5 Å². The maximum Gasteiger partial charge on any atom is 0.251 e. The first-order valence-corrected chi connectivity index (χ1v) is 24.1. The second kappa shape index (κ2) is 19.4. The number of hydrogen-bond acceptors (Lipinski definition) is 6. The van der Waals surface area contributed by atoms with E-state index in [0.29, 0.717) is 24.6 Å². The van der Waals surface area contributed by atoms with E-state index in [1.165, 1.54) is 71.5 Å². The molecule has 2 aliphatic heterocycles. The molecule has 346 valence electrons. The average Bonchev–Trinajstić information content (AvgIpc) is 3.66. The first kappa shape index (κ1) is 49.1. The van der Waals surface area contributed by atoms with Crippen LogP contribution in [0.3, 0.4) is 0 Å². The summed E-state index contributed by atoms with van der Waals surface area (Å²) in [5.41, 5.74) is 16.4. The van der Waals surface area contributed by atoms with Gasteiger partial charge in [0.25, 0.3) is 5.91 Å². The molecule has 5 aromatic carbocycles. The molecule has 0 saturated carbocycles. The Labute approximate surface area is 414 Å². The van der Waals surface area contributed by atoms with Gasteiger partial charge in [0.15, 0.2) is 5.71 Å². The van der Waals surface area contributed by atoms with Gasteiger partial charge in [-0.3, -0.25) is 4.79 Å². The highest BCUT2D eigenvalue weighted by molar-refractivity contribution is 8.03. The van der Waals surface area contributed by atoms with Crippen molar-refractivity contribution in [3.8, 4) is 11.5 Å². The molecule has 0 saturated heterocycles. The van der Waals surface area contributed by atoms with Crippen LogP contribution in [-0.4, -0.2) is 56.6 Å². The Balaban J connectivity index is 0.00000648. The van der Waals surface area contributed by atoms with Gasteiger partial charge in [-0.25, -0.2) is 0 Å². The number of amides is 1. The van der Waals surface area contributed by atoms with Crippen molar-refractivity contribution in [1.29, 1.82) is 0 Å². The van der Waals surface area contributed by atoms with Crippen LogP contribution in [0.4, 0.5) is 11.4 Å². The highest BCUT2D eigenvalue weighted by Crippen LogP contribution is 2.53. The zero-order valence-electron chi connectivity index (χ0n) is 40.7. The highest BCUT2D eigenvalue weighted by atomic mass is 127. The van der Waals surface area contributed by atoms with E-state index in [-0.39, 0.29) is 46.1 Å². The normalized spacial score (nSPS) is 19.0. The van der Waals surface area contributed by atoms with Crippen LogP contribution in [0.5, 0.6) is 11.5 Å². The molecule has 1 atom stereocenters. The van der Waals surface area contributed by atoms with Crippen molar-refractivity contribution in [3.63, 3.8) is 0 Å². The molecule has 2 heterocycles. The Hall–Kier alpha value is -4.84. The second-order valence-corrected chi connectivity index (χ2v) is 20.9. The summed E-state index contributed by atoms with van der Waals surface area (Å²) in [5.74, 6) is 2.05. The van der Waals surface area contributed by atoms with Crippen molar-refractivity contribution < 1.29 is 42.8 Å². The molecule has 1 unspecified atom stereocenters. The average molecular weight is 1020 g/mol. The van der Waals surface area contributed by atoms with Gasteiger partial charge in [0.05, 0.1) is 19.6 Å². The van der Waals surface area contributed by atoms with Crippen LogP contribution < -0.4 is 49.4 Å². The van der Waals surface area contributed by atoms with Gasteiger partial charge in [-0.2, -0.15) is 4.58 Å². The lowest BCUT2D eigenvalue weighted by atomic mass is 9.70. The van der Waals surface area contributed by atoms with E-state index in [1.54, 1.807) is 14.2 Å². The molecule has 9 heteroatoms. The summed E-state index contributed by atoms with van der Waals surface area (Å²) in [6, 6.07) is 30.0. The van der Waals surface area contributed by atoms with Gasteiger partial charge in [0, 0.05) is 69.5 Å². The Morgan fingerprint density at radius 2 is 1.47 bits per heavy atom. The van der Waals surface area contributed by atoms with Gasteiger partial charge in [0.2, 0.25) is 5.69 Å². The molecule has 8 rings (SSSR count). The molecule has 7 nitrogen and oxygen atoms in total. The lowest BCUT2D eigenvalue weighted by Gasteiger charge is -2.37. The number of benzene rings is 5. The van der Waals surface area contributed by atoms with Crippen LogP contribution in [-0.2, 0) is 10.8 Å². The van der Waals surface area contributed by atoms with Gasteiger partial charge in [-0.15, -0.1) is 0 Å². The number of carbonyl (C=O) groups is 1. The Bertz CT molecular complexity index is 2840. The number of thioether (sulfide) groups is 1. The molecular weight excluding hydrogens is 948 g/mol. The fourth-order valence-electron chi connectivity index (χ4n) is 10.5. The van der Waals surface area contributed by atoms with Gasteiger partial charge in [-0.1, -0.05) is 76.7 Å². The van der Waals surface area contributed by atoms with E-state index in [9.17, 15) is 4.79 Å². The van der Waals surface area contributed by atoms with E-state index >= 15 is 0 Å². The minimum absolute atomic E-state index is 0. The number of methoxy groups -OCH3 is 2. The second-order valence-electron chi connectivity index (χ2n) is 19.8. The fourth-order valence-corrected chi connectivity index (χ4v) is 11.6. The molecule has 5 aromatic rings. The maximum atomic E-state index is 12.9. The molecule has 3 aliphatic rings. The quantitative estimate of drug-likeness (QED) is 0.0958. The summed E-state index contributed by atoms with van der Waals surface area (Å²) in [6.45, 7) is 23.7. The van der Waals surface area contributed by atoms with Crippen LogP contribution in [0.15, 0.2) is 136 Å². The molecule has 0 bridgehead atoms. The Morgan fingerprint density at radius 3 is 2.06 bits per heavy atom. The molecule has 1 aliphatic carbocycles. The summed E-state index contributed by atoms with van der Waals surface area (Å²) in [5, 5.41) is 7.82. The van der Waals surface area contributed by atoms with Gasteiger partial charge >= 0.3 is 0 Å². The number of anilines is 1. The topological polar surface area (TPSA) is 79.8 Å². The number of ether oxygens (including phenoxy) is 2. The highest BCUT2D eigenvalue weighted by Gasteiger charge is 2.46. The molecule has 0 fully saturated rings. The molecule has 66 heavy (non-hydrogen) atoms. The minimum atomic E-state index is -0.243. The van der Waals surface area contributed by atoms with Crippen molar-refractivity contribution in [2.24, 2.45) is 17.1 Å². The first-order valence-electron chi connectivity index (χ1n) is 23.3. The van der Waals surface area contributed by atoms with E-state index in [2.05, 4.69) is 174 Å². The number of fused-ring (bicyclic) bond motifs is 6. The van der Waals surface area contributed by atoms with Gasteiger partial charge in [-0.05, 0) is 157 Å². The minimum Gasteiger partial charge on any atom is -1.00 e. The lowest BCUT2D eigenvalue weighted by molar-refractivity contribution is -0.433. The SMILES string of the molecule is CCN1C(=CC=C2CC(C(C)(C)C)CC(C=CC3=[N+](CC)c4ccc5cc(OC)ccc5c4C3(C)C)=C2Sc2ccc(C(=O)NCCN)cc2)C(C)(C)c2c1ccc1cc(OC)ccc21.[I-]. The Kier molecular flexibility index (Phi) is 14.4. The van der Waals surface area contributed by atoms with Gasteiger partial charge < -0.3 is 49.4 Å². The summed E-state index contributed by atoms with van der Waals surface area (Å²) in [7, 11) is 3.46. The van der Waals surface area contributed by atoms with Crippen molar-refractivity contribution in [3.05, 3.63) is 148 Å². The standard InChI is InChI=1S/C57H66N4O3S.HI/c1-12-60-47-26-16-37-34-42(63-10)20-24-45(37)51(47)56(6,7)49(60)28-18-39-32-41(55(3,4)5)33-40(53(39)65-44-22-14-36(15-23-44)54(62)59-31-30-58)19-29-50-57(8,9)52-46-25-21-43(64-11)35-38(46)17-27-48(52)61(50)13-2;/h14-29,34-35,41H,12-13,30-33,58H2,1-11H3;1H. The van der Waals surface area contributed by atoms with E-state index in [1.807, 2.05) is 23.9 Å². The third-order valence-corrected chi connectivity index (χ3v) is 15.4. The number of allylic oxidation sites excluding steroid dienone is 7. The summed E-state index contributed by atoms with van der Waals surface area (Å²) in [4.78, 5) is 17.8. The molecule has 1 amide bonds. The summed E-state index contributed by atoms with van der Waals surface area (Å²) < 4.78 is 13.7. The smallest absolute Gasteiger partial charge is 0.251 e. The number of nitrogens with two attached hydrogens (primary N) is 1. The van der Waals surface area contributed by atoms with Crippen LogP contribution in [0.2, 0.25) is 0 Å². The van der Waals surface area contributed by atoms with E-state index in [0.717, 1.165) is 42.3 Å². The maximum absolute atomic E-state index is 12.9.